The summed E-state index contributed by atoms with van der Waals surface area (Å²) in [6, 6.07) is 0. The van der Waals surface area contributed by atoms with Gasteiger partial charge in [-0.3, -0.25) is 0 Å². The van der Waals surface area contributed by atoms with Gasteiger partial charge in [0, 0.05) is 30.9 Å². The van der Waals surface area contributed by atoms with Gasteiger partial charge in [0.25, 0.3) is 0 Å². The topological polar surface area (TPSA) is 69.2 Å². The Morgan fingerprint density at radius 3 is 2.25 bits per heavy atom. The predicted octanol–water partition coefficient (Wildman–Crippen LogP) is -2.02. The fourth-order valence-corrected chi connectivity index (χ4v) is 0.878. The molecule has 1 aromatic rings. The van der Waals surface area contributed by atoms with Crippen molar-refractivity contribution in [1.29, 1.82) is 0 Å². The lowest BCUT2D eigenvalue weighted by Gasteiger charge is -2.00. The molecule has 12 heavy (non-hydrogen) atoms. The highest BCUT2D eigenvalue weighted by atomic mass is 16.4. The van der Waals surface area contributed by atoms with E-state index in [1.807, 2.05) is 4.90 Å². The smallest absolute Gasteiger partial charge is 0.423 e. The monoisotopic (exact) mass is 165 g/mol. The molecule has 0 bridgehead atoms. The Morgan fingerprint density at radius 1 is 1.25 bits per heavy atom. The number of anilines is 1. The molecule has 0 radical (unpaired) electrons. The average Bonchev–Trinajstić information content (AvgIpc) is 2.87. The summed E-state index contributed by atoms with van der Waals surface area (Å²) in [5, 5.41) is 17.5. The third kappa shape index (κ3) is 1.39. The number of rotatable bonds is 2. The average molecular weight is 165 g/mol. The molecule has 2 rings (SSSR count). The SMILES string of the molecule is OB(O)c1cnc(N2CC2)nc1. The Morgan fingerprint density at radius 2 is 1.83 bits per heavy atom. The maximum absolute atomic E-state index is 8.73. The van der Waals surface area contributed by atoms with Gasteiger partial charge in [-0.1, -0.05) is 0 Å². The van der Waals surface area contributed by atoms with Crippen LogP contribution < -0.4 is 10.4 Å². The van der Waals surface area contributed by atoms with Gasteiger partial charge in [-0.25, -0.2) is 9.97 Å². The third-order valence-electron chi connectivity index (χ3n) is 1.69. The number of hydrogen-bond donors (Lipinski definition) is 2. The molecule has 6 heteroatoms. The highest BCUT2D eigenvalue weighted by molar-refractivity contribution is 6.58. The van der Waals surface area contributed by atoms with Crippen molar-refractivity contribution in [1.82, 2.24) is 9.97 Å². The van der Waals surface area contributed by atoms with Crippen LogP contribution in [0.4, 0.5) is 5.95 Å². The Hall–Kier alpha value is -1.14. The van der Waals surface area contributed by atoms with Gasteiger partial charge in [0.1, 0.15) is 0 Å². The van der Waals surface area contributed by atoms with Gasteiger partial charge >= 0.3 is 7.12 Å². The minimum absolute atomic E-state index is 0.320. The van der Waals surface area contributed by atoms with E-state index in [2.05, 4.69) is 9.97 Å². The largest absolute Gasteiger partial charge is 0.491 e. The number of nitrogens with zero attached hydrogens (tertiary/aromatic N) is 3. The van der Waals surface area contributed by atoms with Crippen molar-refractivity contribution in [2.45, 2.75) is 0 Å². The molecule has 1 aliphatic heterocycles. The van der Waals surface area contributed by atoms with Crippen LogP contribution in [0.5, 0.6) is 0 Å². The molecule has 1 saturated heterocycles. The van der Waals surface area contributed by atoms with Gasteiger partial charge in [0.2, 0.25) is 5.95 Å². The zero-order valence-electron chi connectivity index (χ0n) is 6.38. The summed E-state index contributed by atoms with van der Waals surface area (Å²) >= 11 is 0. The highest BCUT2D eigenvalue weighted by Crippen LogP contribution is 2.12. The van der Waals surface area contributed by atoms with E-state index < -0.39 is 7.12 Å². The van der Waals surface area contributed by atoms with Gasteiger partial charge in [-0.2, -0.15) is 0 Å². The van der Waals surface area contributed by atoms with Crippen molar-refractivity contribution >= 4 is 18.5 Å². The fourth-order valence-electron chi connectivity index (χ4n) is 0.878. The molecule has 2 heterocycles. The van der Waals surface area contributed by atoms with E-state index in [-0.39, 0.29) is 0 Å². The second-order valence-electron chi connectivity index (χ2n) is 2.68. The number of aromatic nitrogens is 2. The quantitative estimate of drug-likeness (QED) is 0.391. The molecule has 0 unspecified atom stereocenters. The van der Waals surface area contributed by atoms with Crippen LogP contribution in [-0.2, 0) is 0 Å². The molecule has 2 N–H and O–H groups in total. The molecule has 0 atom stereocenters. The summed E-state index contributed by atoms with van der Waals surface area (Å²) in [7, 11) is -1.48. The summed E-state index contributed by atoms with van der Waals surface area (Å²) in [5.41, 5.74) is 0.320. The molecular weight excluding hydrogens is 157 g/mol. The molecule has 1 fully saturated rings. The minimum Gasteiger partial charge on any atom is -0.423 e. The van der Waals surface area contributed by atoms with Crippen LogP contribution in [0, 0.1) is 0 Å². The lowest BCUT2D eigenvalue weighted by atomic mass is 9.83. The van der Waals surface area contributed by atoms with Gasteiger partial charge in [-0.15, -0.1) is 0 Å². The van der Waals surface area contributed by atoms with E-state index >= 15 is 0 Å². The molecule has 0 aliphatic carbocycles. The van der Waals surface area contributed by atoms with Gasteiger partial charge in [-0.05, 0) is 0 Å². The molecule has 62 valence electrons. The zero-order chi connectivity index (χ0) is 8.55. The normalized spacial score (nSPS) is 14.7. The van der Waals surface area contributed by atoms with E-state index in [0.29, 0.717) is 11.4 Å². The van der Waals surface area contributed by atoms with Crippen LogP contribution in [0.25, 0.3) is 0 Å². The first-order valence-electron chi connectivity index (χ1n) is 3.70. The minimum atomic E-state index is -1.48. The van der Waals surface area contributed by atoms with Crippen LogP contribution in [0.15, 0.2) is 12.4 Å². The Balaban J connectivity index is 2.18. The summed E-state index contributed by atoms with van der Waals surface area (Å²) in [6.07, 6.45) is 2.84. The van der Waals surface area contributed by atoms with Crippen LogP contribution in [0.2, 0.25) is 0 Å². The molecule has 0 spiro atoms. The Kier molecular flexibility index (Phi) is 1.71. The molecule has 0 aromatic carbocycles. The molecule has 5 nitrogen and oxygen atoms in total. The van der Waals surface area contributed by atoms with Gasteiger partial charge < -0.3 is 14.9 Å². The summed E-state index contributed by atoms with van der Waals surface area (Å²) in [5.74, 6) is 0.652. The van der Waals surface area contributed by atoms with E-state index in [1.54, 1.807) is 0 Å². The van der Waals surface area contributed by atoms with Crippen molar-refractivity contribution in [3.8, 4) is 0 Å². The van der Waals surface area contributed by atoms with E-state index in [9.17, 15) is 0 Å². The predicted molar refractivity (Wildman–Crippen MR) is 44.1 cm³/mol. The molecular formula is C6H8BN3O2. The molecule has 1 aliphatic rings. The summed E-state index contributed by atoms with van der Waals surface area (Å²) < 4.78 is 0. The second-order valence-corrected chi connectivity index (χ2v) is 2.68. The number of hydrogen-bond acceptors (Lipinski definition) is 5. The fraction of sp³-hybridized carbons (Fsp3) is 0.333. The third-order valence-corrected chi connectivity index (χ3v) is 1.69. The highest BCUT2D eigenvalue weighted by Gasteiger charge is 2.21. The summed E-state index contributed by atoms with van der Waals surface area (Å²) in [4.78, 5) is 9.89. The molecule has 1 aromatic heterocycles. The van der Waals surface area contributed by atoms with Crippen molar-refractivity contribution in [3.63, 3.8) is 0 Å². The van der Waals surface area contributed by atoms with E-state index in [1.165, 1.54) is 12.4 Å². The first-order valence-corrected chi connectivity index (χ1v) is 3.70. The van der Waals surface area contributed by atoms with E-state index in [0.717, 1.165) is 13.1 Å². The zero-order valence-corrected chi connectivity index (χ0v) is 6.38. The van der Waals surface area contributed by atoms with Crippen molar-refractivity contribution in [3.05, 3.63) is 12.4 Å². The van der Waals surface area contributed by atoms with Crippen LogP contribution >= 0.6 is 0 Å². The Labute approximate surface area is 69.8 Å². The second kappa shape index (κ2) is 2.73. The van der Waals surface area contributed by atoms with Crippen molar-refractivity contribution in [2.24, 2.45) is 0 Å². The van der Waals surface area contributed by atoms with Crippen LogP contribution in [0.3, 0.4) is 0 Å². The van der Waals surface area contributed by atoms with Gasteiger partial charge in [0.15, 0.2) is 0 Å². The van der Waals surface area contributed by atoms with Crippen molar-refractivity contribution < 1.29 is 10.0 Å². The standard InChI is InChI=1S/C6H8BN3O2/c11-7(12)5-3-8-6(9-4-5)10-1-2-10/h3-4,11-12H,1-2H2. The van der Waals surface area contributed by atoms with Crippen molar-refractivity contribution in [2.75, 3.05) is 18.0 Å². The van der Waals surface area contributed by atoms with Crippen LogP contribution in [0.1, 0.15) is 0 Å². The summed E-state index contributed by atoms with van der Waals surface area (Å²) in [6.45, 7) is 1.97. The van der Waals surface area contributed by atoms with E-state index in [4.69, 9.17) is 10.0 Å². The first-order chi connectivity index (χ1) is 5.77. The van der Waals surface area contributed by atoms with Crippen LogP contribution in [-0.4, -0.2) is 40.2 Å². The van der Waals surface area contributed by atoms with Gasteiger partial charge in [0.05, 0.1) is 0 Å². The maximum Gasteiger partial charge on any atom is 0.491 e. The maximum atomic E-state index is 8.73. The molecule has 0 saturated carbocycles. The lowest BCUT2D eigenvalue weighted by molar-refractivity contribution is 0.425. The first kappa shape index (κ1) is 7.51. The molecule has 0 amide bonds. The Bertz CT molecular complexity index is 252. The lowest BCUT2D eigenvalue weighted by Crippen LogP contribution is -2.30.